The van der Waals surface area contributed by atoms with Crippen molar-refractivity contribution in [2.45, 2.75) is 26.7 Å². The van der Waals surface area contributed by atoms with E-state index in [2.05, 4.69) is 31.0 Å². The first-order valence-electron chi connectivity index (χ1n) is 8.67. The normalized spacial score (nSPS) is 17.7. The Bertz CT molecular complexity index is 853. The molecule has 1 aliphatic rings. The zero-order valence-electron chi connectivity index (χ0n) is 15.1. The monoisotopic (exact) mass is 366 g/mol. The lowest BCUT2D eigenvalue weighted by atomic mass is 10.0. The van der Waals surface area contributed by atoms with E-state index in [0.29, 0.717) is 28.2 Å². The molecule has 1 fully saturated rings. The summed E-state index contributed by atoms with van der Waals surface area (Å²) in [5, 5.41) is 10.1. The fourth-order valence-electron chi connectivity index (χ4n) is 2.64. The predicted molar refractivity (Wildman–Crippen MR) is 109 cm³/mol. The molecule has 3 rings (SSSR count). The van der Waals surface area contributed by atoms with E-state index in [1.54, 1.807) is 29.2 Å². The standard InChI is InChI=1S/C21H22N2O2S/c1-4-23-20(25)19(13-15-5-7-16(8-6-15)14(2)3)26-21(23)22-17-9-11-18(24)12-10-17/h5-14,24H,4H2,1-3H3/b19-13-,22-21?. The molecule has 0 spiro atoms. The van der Waals surface area contributed by atoms with Gasteiger partial charge in [0.15, 0.2) is 5.17 Å². The molecule has 0 bridgehead atoms. The lowest BCUT2D eigenvalue weighted by Gasteiger charge is -2.11. The number of nitrogens with zero attached hydrogens (tertiary/aromatic N) is 2. The van der Waals surface area contributed by atoms with Gasteiger partial charge in [-0.05, 0) is 66.1 Å². The number of thioether (sulfide) groups is 1. The molecule has 1 heterocycles. The SMILES string of the molecule is CCN1C(=O)/C(=C/c2ccc(C(C)C)cc2)SC1=Nc1ccc(O)cc1. The van der Waals surface area contributed by atoms with Crippen molar-refractivity contribution in [1.29, 1.82) is 0 Å². The van der Waals surface area contributed by atoms with Crippen molar-refractivity contribution in [3.05, 3.63) is 64.6 Å². The number of likely N-dealkylation sites (N-methyl/N-ethyl adjacent to an activating group) is 1. The molecule has 1 amide bonds. The van der Waals surface area contributed by atoms with Crippen molar-refractivity contribution >= 4 is 34.6 Å². The molecule has 2 aromatic carbocycles. The molecule has 0 radical (unpaired) electrons. The van der Waals surface area contributed by atoms with Crippen molar-refractivity contribution in [3.63, 3.8) is 0 Å². The maximum atomic E-state index is 12.7. The smallest absolute Gasteiger partial charge is 0.266 e. The molecule has 134 valence electrons. The lowest BCUT2D eigenvalue weighted by Crippen LogP contribution is -2.28. The summed E-state index contributed by atoms with van der Waals surface area (Å²) in [4.78, 5) is 19.6. The van der Waals surface area contributed by atoms with Crippen LogP contribution in [0.2, 0.25) is 0 Å². The predicted octanol–water partition coefficient (Wildman–Crippen LogP) is 5.14. The molecule has 0 aliphatic carbocycles. The maximum Gasteiger partial charge on any atom is 0.266 e. The summed E-state index contributed by atoms with van der Waals surface area (Å²) in [6.45, 7) is 6.82. The van der Waals surface area contributed by atoms with Gasteiger partial charge in [-0.15, -0.1) is 0 Å². The lowest BCUT2D eigenvalue weighted by molar-refractivity contribution is -0.122. The number of rotatable bonds is 4. The number of phenolic OH excluding ortho intramolecular Hbond substituents is 1. The molecular formula is C21H22N2O2S. The van der Waals surface area contributed by atoms with E-state index in [1.807, 2.05) is 25.1 Å². The Morgan fingerprint density at radius 3 is 2.35 bits per heavy atom. The highest BCUT2D eigenvalue weighted by atomic mass is 32.2. The summed E-state index contributed by atoms with van der Waals surface area (Å²) >= 11 is 1.38. The summed E-state index contributed by atoms with van der Waals surface area (Å²) < 4.78 is 0. The molecule has 0 atom stereocenters. The zero-order valence-corrected chi connectivity index (χ0v) is 16.0. The van der Waals surface area contributed by atoms with Gasteiger partial charge in [0.05, 0.1) is 10.6 Å². The van der Waals surface area contributed by atoms with Crippen LogP contribution in [-0.2, 0) is 4.79 Å². The zero-order chi connectivity index (χ0) is 18.7. The van der Waals surface area contributed by atoms with E-state index in [9.17, 15) is 9.90 Å². The van der Waals surface area contributed by atoms with Crippen molar-refractivity contribution in [2.24, 2.45) is 4.99 Å². The average Bonchev–Trinajstić information content (AvgIpc) is 2.92. The van der Waals surface area contributed by atoms with Gasteiger partial charge in [0.25, 0.3) is 5.91 Å². The number of phenols is 1. The second kappa shape index (κ2) is 7.79. The second-order valence-corrected chi connectivity index (χ2v) is 7.40. The quantitative estimate of drug-likeness (QED) is 0.762. The van der Waals surface area contributed by atoms with Crippen LogP contribution in [0.15, 0.2) is 58.4 Å². The molecule has 1 aliphatic heterocycles. The van der Waals surface area contributed by atoms with Gasteiger partial charge in [-0.1, -0.05) is 38.1 Å². The Balaban J connectivity index is 1.87. The third-order valence-corrected chi connectivity index (χ3v) is 5.19. The fourth-order valence-corrected chi connectivity index (χ4v) is 3.70. The van der Waals surface area contributed by atoms with Gasteiger partial charge in [0.2, 0.25) is 0 Å². The van der Waals surface area contributed by atoms with Crippen LogP contribution in [0.5, 0.6) is 5.75 Å². The van der Waals surface area contributed by atoms with E-state index in [4.69, 9.17) is 0 Å². The highest BCUT2D eigenvalue weighted by Gasteiger charge is 2.32. The molecule has 5 heteroatoms. The summed E-state index contributed by atoms with van der Waals surface area (Å²) in [5.74, 6) is 0.656. The molecule has 1 saturated heterocycles. The van der Waals surface area contributed by atoms with Crippen LogP contribution in [0.3, 0.4) is 0 Å². The third-order valence-electron chi connectivity index (χ3n) is 4.18. The van der Waals surface area contributed by atoms with Crippen LogP contribution in [0.25, 0.3) is 6.08 Å². The van der Waals surface area contributed by atoms with Gasteiger partial charge in [0.1, 0.15) is 5.75 Å². The molecule has 2 aromatic rings. The van der Waals surface area contributed by atoms with Crippen molar-refractivity contribution in [2.75, 3.05) is 6.54 Å². The average molecular weight is 366 g/mol. The molecule has 0 unspecified atom stereocenters. The topological polar surface area (TPSA) is 52.9 Å². The molecule has 1 N–H and O–H groups in total. The first kappa shape index (κ1) is 18.3. The summed E-state index contributed by atoms with van der Waals surface area (Å²) in [6, 6.07) is 14.9. The maximum absolute atomic E-state index is 12.7. The Morgan fingerprint density at radius 1 is 1.12 bits per heavy atom. The largest absolute Gasteiger partial charge is 0.508 e. The number of amides is 1. The molecular weight excluding hydrogens is 344 g/mol. The van der Waals surface area contributed by atoms with Gasteiger partial charge < -0.3 is 5.11 Å². The van der Waals surface area contributed by atoms with Crippen LogP contribution < -0.4 is 0 Å². The van der Waals surface area contributed by atoms with E-state index in [1.165, 1.54) is 17.3 Å². The van der Waals surface area contributed by atoms with E-state index >= 15 is 0 Å². The highest BCUT2D eigenvalue weighted by molar-refractivity contribution is 8.18. The minimum atomic E-state index is -0.0250. The van der Waals surface area contributed by atoms with Gasteiger partial charge in [-0.25, -0.2) is 4.99 Å². The van der Waals surface area contributed by atoms with Gasteiger partial charge >= 0.3 is 0 Å². The summed E-state index contributed by atoms with van der Waals surface area (Å²) in [6.07, 6.45) is 1.92. The Hall–Kier alpha value is -2.53. The first-order valence-corrected chi connectivity index (χ1v) is 9.48. The van der Waals surface area contributed by atoms with Crippen molar-refractivity contribution in [1.82, 2.24) is 4.90 Å². The Labute approximate surface area is 158 Å². The minimum absolute atomic E-state index is 0.0250. The van der Waals surface area contributed by atoms with Gasteiger partial charge in [-0.2, -0.15) is 0 Å². The number of aliphatic imine (C=N–C) groups is 1. The van der Waals surface area contributed by atoms with Crippen LogP contribution in [0.1, 0.15) is 37.8 Å². The molecule has 0 saturated carbocycles. The summed E-state index contributed by atoms with van der Waals surface area (Å²) in [5.41, 5.74) is 2.99. The second-order valence-electron chi connectivity index (χ2n) is 6.39. The van der Waals surface area contributed by atoms with Crippen LogP contribution >= 0.6 is 11.8 Å². The number of carbonyl (C=O) groups is 1. The van der Waals surface area contributed by atoms with Crippen molar-refractivity contribution < 1.29 is 9.90 Å². The minimum Gasteiger partial charge on any atom is -0.508 e. The van der Waals surface area contributed by atoms with Gasteiger partial charge in [0, 0.05) is 6.54 Å². The van der Waals surface area contributed by atoms with E-state index < -0.39 is 0 Å². The van der Waals surface area contributed by atoms with E-state index in [-0.39, 0.29) is 11.7 Å². The Morgan fingerprint density at radius 2 is 1.77 bits per heavy atom. The highest BCUT2D eigenvalue weighted by Crippen LogP contribution is 2.34. The number of aromatic hydroxyl groups is 1. The molecule has 4 nitrogen and oxygen atoms in total. The summed E-state index contributed by atoms with van der Waals surface area (Å²) in [7, 11) is 0. The molecule has 0 aromatic heterocycles. The third kappa shape index (κ3) is 3.99. The van der Waals surface area contributed by atoms with Gasteiger partial charge in [-0.3, -0.25) is 9.69 Å². The number of hydrogen-bond acceptors (Lipinski definition) is 4. The van der Waals surface area contributed by atoms with Crippen LogP contribution in [0, 0.1) is 0 Å². The van der Waals surface area contributed by atoms with Crippen molar-refractivity contribution in [3.8, 4) is 5.75 Å². The first-order chi connectivity index (χ1) is 12.5. The molecule has 26 heavy (non-hydrogen) atoms. The number of carbonyl (C=O) groups excluding carboxylic acids is 1. The number of hydrogen-bond donors (Lipinski definition) is 1. The van der Waals surface area contributed by atoms with E-state index in [0.717, 1.165) is 5.56 Å². The Kier molecular flexibility index (Phi) is 5.47. The number of amidine groups is 1. The number of benzene rings is 2. The fraction of sp³-hybridized carbons (Fsp3) is 0.238. The van der Waals surface area contributed by atoms with Crippen LogP contribution in [0.4, 0.5) is 5.69 Å². The van der Waals surface area contributed by atoms with Crippen LogP contribution in [-0.4, -0.2) is 27.6 Å².